The van der Waals surface area contributed by atoms with Crippen molar-refractivity contribution in [3.8, 4) is 0 Å². The van der Waals surface area contributed by atoms with Crippen molar-refractivity contribution in [1.82, 2.24) is 15.2 Å². The molecule has 2 N–H and O–H groups in total. The molecule has 0 aliphatic carbocycles. The molecule has 6 nitrogen and oxygen atoms in total. The second kappa shape index (κ2) is 6.55. The summed E-state index contributed by atoms with van der Waals surface area (Å²) in [5, 5.41) is 11.8. The van der Waals surface area contributed by atoms with Crippen LogP contribution in [-0.4, -0.2) is 33.5 Å². The SMILES string of the molecule is CC1(C)CN(C(=O)NCc2ccc(C(=O)O)cc2)C1c1cccnc1. The van der Waals surface area contributed by atoms with Gasteiger partial charge in [-0.3, -0.25) is 4.98 Å². The average Bonchev–Trinajstić information content (AvgIpc) is 2.59. The maximum Gasteiger partial charge on any atom is 0.335 e. The number of amides is 2. The smallest absolute Gasteiger partial charge is 0.335 e. The van der Waals surface area contributed by atoms with E-state index in [1.807, 2.05) is 17.0 Å². The fourth-order valence-electron chi connectivity index (χ4n) is 3.33. The number of carboxylic acids is 1. The Bertz CT molecular complexity index is 772. The van der Waals surface area contributed by atoms with Crippen LogP contribution in [0, 0.1) is 5.41 Å². The zero-order valence-electron chi connectivity index (χ0n) is 14.3. The third kappa shape index (κ3) is 3.47. The summed E-state index contributed by atoms with van der Waals surface area (Å²) in [6.07, 6.45) is 3.52. The topological polar surface area (TPSA) is 82.5 Å². The average molecular weight is 339 g/mol. The van der Waals surface area contributed by atoms with Gasteiger partial charge in [0, 0.05) is 30.9 Å². The first-order valence-electron chi connectivity index (χ1n) is 8.15. The molecule has 1 aromatic carbocycles. The van der Waals surface area contributed by atoms with E-state index in [2.05, 4.69) is 24.1 Å². The summed E-state index contributed by atoms with van der Waals surface area (Å²) in [4.78, 5) is 29.4. The summed E-state index contributed by atoms with van der Waals surface area (Å²) in [5.74, 6) is -0.960. The number of nitrogens with zero attached hydrogens (tertiary/aromatic N) is 2. The molecule has 1 aliphatic heterocycles. The molecule has 130 valence electrons. The monoisotopic (exact) mass is 339 g/mol. The second-order valence-electron chi connectivity index (χ2n) is 6.97. The first-order valence-corrected chi connectivity index (χ1v) is 8.15. The molecule has 2 amide bonds. The summed E-state index contributed by atoms with van der Waals surface area (Å²) in [5.41, 5.74) is 2.12. The Balaban J connectivity index is 1.64. The van der Waals surface area contributed by atoms with E-state index >= 15 is 0 Å². The molecule has 0 spiro atoms. The maximum atomic E-state index is 12.5. The van der Waals surface area contributed by atoms with Gasteiger partial charge in [-0.05, 0) is 29.3 Å². The van der Waals surface area contributed by atoms with E-state index in [0.29, 0.717) is 13.1 Å². The van der Waals surface area contributed by atoms with Crippen molar-refractivity contribution >= 4 is 12.0 Å². The normalized spacial score (nSPS) is 18.3. The molecule has 1 aliphatic rings. The van der Waals surface area contributed by atoms with Gasteiger partial charge in [0.25, 0.3) is 0 Å². The van der Waals surface area contributed by atoms with E-state index in [0.717, 1.165) is 11.1 Å². The molecule has 1 saturated heterocycles. The van der Waals surface area contributed by atoms with E-state index in [1.54, 1.807) is 24.5 Å². The number of benzene rings is 1. The molecule has 3 rings (SSSR count). The van der Waals surface area contributed by atoms with Crippen LogP contribution in [0.1, 0.15) is 41.4 Å². The van der Waals surface area contributed by atoms with E-state index in [1.165, 1.54) is 12.1 Å². The van der Waals surface area contributed by atoms with E-state index < -0.39 is 5.97 Å². The summed E-state index contributed by atoms with van der Waals surface area (Å²) >= 11 is 0. The van der Waals surface area contributed by atoms with Gasteiger partial charge in [0.1, 0.15) is 0 Å². The van der Waals surface area contributed by atoms with Crippen LogP contribution in [0.5, 0.6) is 0 Å². The summed E-state index contributed by atoms with van der Waals surface area (Å²) < 4.78 is 0. The van der Waals surface area contributed by atoms with Crippen LogP contribution in [0.25, 0.3) is 0 Å². The van der Waals surface area contributed by atoms with Crippen LogP contribution in [0.2, 0.25) is 0 Å². The largest absolute Gasteiger partial charge is 0.478 e. The number of hydrogen-bond acceptors (Lipinski definition) is 3. The highest BCUT2D eigenvalue weighted by Gasteiger charge is 2.48. The molecular formula is C19H21N3O3. The number of nitrogens with one attached hydrogen (secondary N) is 1. The highest BCUT2D eigenvalue weighted by molar-refractivity contribution is 5.87. The first kappa shape index (κ1) is 17.0. The lowest BCUT2D eigenvalue weighted by atomic mass is 9.72. The van der Waals surface area contributed by atoms with Crippen molar-refractivity contribution < 1.29 is 14.7 Å². The van der Waals surface area contributed by atoms with Crippen molar-refractivity contribution in [2.75, 3.05) is 6.54 Å². The zero-order valence-corrected chi connectivity index (χ0v) is 14.3. The Morgan fingerprint density at radius 3 is 2.56 bits per heavy atom. The molecule has 0 saturated carbocycles. The fraction of sp³-hybridized carbons (Fsp3) is 0.316. The van der Waals surface area contributed by atoms with Crippen molar-refractivity contribution in [3.63, 3.8) is 0 Å². The molecular weight excluding hydrogens is 318 g/mol. The third-order valence-corrected chi connectivity index (χ3v) is 4.54. The quantitative estimate of drug-likeness (QED) is 0.897. The Hall–Kier alpha value is -2.89. The number of hydrogen-bond donors (Lipinski definition) is 2. The maximum absolute atomic E-state index is 12.5. The van der Waals surface area contributed by atoms with Gasteiger partial charge in [0.15, 0.2) is 0 Å². The third-order valence-electron chi connectivity index (χ3n) is 4.54. The van der Waals surface area contributed by atoms with Crippen LogP contribution in [0.3, 0.4) is 0 Å². The van der Waals surface area contributed by atoms with Gasteiger partial charge in [-0.25, -0.2) is 9.59 Å². The van der Waals surface area contributed by atoms with E-state index in [4.69, 9.17) is 5.11 Å². The Morgan fingerprint density at radius 2 is 2.00 bits per heavy atom. The van der Waals surface area contributed by atoms with Crippen molar-refractivity contribution in [2.45, 2.75) is 26.4 Å². The number of carboxylic acid groups (broad SMARTS) is 1. The Kier molecular flexibility index (Phi) is 4.44. The summed E-state index contributed by atoms with van der Waals surface area (Å²) in [7, 11) is 0. The highest BCUT2D eigenvalue weighted by Crippen LogP contribution is 2.47. The number of aromatic nitrogens is 1. The van der Waals surface area contributed by atoms with E-state index in [9.17, 15) is 9.59 Å². The molecule has 0 bridgehead atoms. The molecule has 6 heteroatoms. The Labute approximate surface area is 146 Å². The molecule has 1 fully saturated rings. The predicted octanol–water partition coefficient (Wildman–Crippen LogP) is 3.07. The second-order valence-corrected chi connectivity index (χ2v) is 6.97. The predicted molar refractivity (Wildman–Crippen MR) is 93.1 cm³/mol. The standard InChI is InChI=1S/C19H21N3O3/c1-19(2)12-22(16(19)15-4-3-9-20-11-15)18(25)21-10-13-5-7-14(8-6-13)17(23)24/h3-9,11,16H,10,12H2,1-2H3,(H,21,25)(H,23,24). The number of likely N-dealkylation sites (tertiary alicyclic amines) is 1. The zero-order chi connectivity index (χ0) is 18.0. The van der Waals surface area contributed by atoms with Gasteiger partial charge < -0.3 is 15.3 Å². The van der Waals surface area contributed by atoms with Gasteiger partial charge >= 0.3 is 12.0 Å². The lowest BCUT2D eigenvalue weighted by Gasteiger charge is -2.54. The van der Waals surface area contributed by atoms with Crippen LogP contribution in [0.15, 0.2) is 48.8 Å². The van der Waals surface area contributed by atoms with Gasteiger partial charge in [-0.15, -0.1) is 0 Å². The van der Waals surface area contributed by atoms with E-state index in [-0.39, 0.29) is 23.1 Å². The van der Waals surface area contributed by atoms with Crippen molar-refractivity contribution in [3.05, 3.63) is 65.5 Å². The molecule has 1 aromatic heterocycles. The van der Waals surface area contributed by atoms with Gasteiger partial charge in [0.05, 0.1) is 11.6 Å². The highest BCUT2D eigenvalue weighted by atomic mass is 16.4. The van der Waals surface area contributed by atoms with Gasteiger partial charge in [-0.2, -0.15) is 0 Å². The number of carbonyl (C=O) groups excluding carboxylic acids is 1. The van der Waals surface area contributed by atoms with Crippen molar-refractivity contribution in [1.29, 1.82) is 0 Å². The number of pyridine rings is 1. The molecule has 1 atom stereocenters. The van der Waals surface area contributed by atoms with Crippen molar-refractivity contribution in [2.24, 2.45) is 5.41 Å². The van der Waals surface area contributed by atoms with Gasteiger partial charge in [-0.1, -0.05) is 32.0 Å². The Morgan fingerprint density at radius 1 is 1.28 bits per heavy atom. The molecule has 2 aromatic rings. The molecule has 1 unspecified atom stereocenters. The number of rotatable bonds is 4. The summed E-state index contributed by atoms with van der Waals surface area (Å²) in [6, 6.07) is 10.2. The lowest BCUT2D eigenvalue weighted by Crippen LogP contribution is -2.60. The lowest BCUT2D eigenvalue weighted by molar-refractivity contribution is -0.0167. The minimum Gasteiger partial charge on any atom is -0.478 e. The van der Waals surface area contributed by atoms with Crippen LogP contribution >= 0.6 is 0 Å². The molecule has 2 heterocycles. The van der Waals surface area contributed by atoms with Gasteiger partial charge in [0.2, 0.25) is 0 Å². The number of urea groups is 1. The summed E-state index contributed by atoms with van der Waals surface area (Å²) in [6.45, 7) is 5.31. The molecule has 25 heavy (non-hydrogen) atoms. The van der Waals surface area contributed by atoms with Crippen LogP contribution in [-0.2, 0) is 6.54 Å². The molecule has 0 radical (unpaired) electrons. The number of aromatic carboxylic acids is 1. The first-order chi connectivity index (χ1) is 11.9. The number of carbonyl (C=O) groups is 2. The fourth-order valence-corrected chi connectivity index (χ4v) is 3.33. The van der Waals surface area contributed by atoms with Crippen LogP contribution in [0.4, 0.5) is 4.79 Å². The minimum atomic E-state index is -0.960. The minimum absolute atomic E-state index is 0.00348. The van der Waals surface area contributed by atoms with Crippen LogP contribution < -0.4 is 5.32 Å².